The van der Waals surface area contributed by atoms with Gasteiger partial charge in [0, 0.05) is 6.54 Å². The van der Waals surface area contributed by atoms with Gasteiger partial charge in [0.1, 0.15) is 0 Å². The predicted molar refractivity (Wildman–Crippen MR) is 120 cm³/mol. The number of rotatable bonds is 7. The highest BCUT2D eigenvalue weighted by atomic mass is 16.5. The number of H-pyrrole nitrogens is 1. The maximum Gasteiger partial charge on any atom is 0.349 e. The summed E-state index contributed by atoms with van der Waals surface area (Å²) in [6.45, 7) is 2.32. The zero-order valence-electron chi connectivity index (χ0n) is 18.4. The molecule has 0 spiro atoms. The van der Waals surface area contributed by atoms with Crippen LogP contribution in [0.4, 0.5) is 0 Å². The minimum Gasteiger partial charge on any atom is -0.493 e. The highest BCUT2D eigenvalue weighted by Gasteiger charge is 2.20. The van der Waals surface area contributed by atoms with Gasteiger partial charge in [-0.2, -0.15) is 4.98 Å². The van der Waals surface area contributed by atoms with Gasteiger partial charge in [0.05, 0.1) is 37.4 Å². The maximum absolute atomic E-state index is 12.4. The molecule has 2 aromatic carbocycles. The van der Waals surface area contributed by atoms with Crippen LogP contribution in [0.5, 0.6) is 11.5 Å². The van der Waals surface area contributed by atoms with E-state index in [0.29, 0.717) is 41.1 Å². The standard InChI is InChI=1S/C23H22N4O6/c1-4-33-22(29)14-6-7-15-16(12-14)27(20-19(24-15)21(28)26-23(30)25-20)10-9-13-5-8-17(31-2)18(11-13)32-3/h5-8,11-12H,4,9-10H2,1-3H3,(H,26,28,30). The Morgan fingerprint density at radius 1 is 1.03 bits per heavy atom. The van der Waals surface area contributed by atoms with E-state index >= 15 is 0 Å². The first kappa shape index (κ1) is 22.0. The van der Waals surface area contributed by atoms with Crippen LogP contribution in [0.2, 0.25) is 0 Å². The maximum atomic E-state index is 12.4. The van der Waals surface area contributed by atoms with Crippen molar-refractivity contribution >= 4 is 17.0 Å². The lowest BCUT2D eigenvalue weighted by Crippen LogP contribution is -2.29. The molecule has 10 heteroatoms. The van der Waals surface area contributed by atoms with Crippen LogP contribution in [0.15, 0.2) is 46.0 Å². The fraction of sp³-hybridized carbons (Fsp3) is 0.261. The monoisotopic (exact) mass is 450 g/mol. The van der Waals surface area contributed by atoms with Crippen molar-refractivity contribution in [2.45, 2.75) is 19.9 Å². The zero-order chi connectivity index (χ0) is 23.5. The first-order valence-corrected chi connectivity index (χ1v) is 10.3. The summed E-state index contributed by atoms with van der Waals surface area (Å²) in [5.41, 5.74) is 0.944. The van der Waals surface area contributed by atoms with Crippen molar-refractivity contribution in [1.29, 1.82) is 0 Å². The van der Waals surface area contributed by atoms with Gasteiger partial charge in [0.15, 0.2) is 23.0 Å². The quantitative estimate of drug-likeness (QED) is 0.335. The summed E-state index contributed by atoms with van der Waals surface area (Å²) >= 11 is 0. The number of aromatic amines is 1. The minimum atomic E-state index is -0.768. The van der Waals surface area contributed by atoms with Crippen LogP contribution in [0.3, 0.4) is 0 Å². The molecule has 0 aromatic heterocycles. The summed E-state index contributed by atoms with van der Waals surface area (Å²) in [7, 11) is 3.12. The first-order chi connectivity index (χ1) is 15.9. The minimum absolute atomic E-state index is 0.0401. The van der Waals surface area contributed by atoms with E-state index in [1.807, 2.05) is 12.1 Å². The van der Waals surface area contributed by atoms with Gasteiger partial charge in [0.25, 0.3) is 5.56 Å². The molecule has 0 saturated carbocycles. The number of carbonyl (C=O) groups excluding carboxylic acids is 1. The predicted octanol–water partition coefficient (Wildman–Crippen LogP) is 2.02. The van der Waals surface area contributed by atoms with Crippen molar-refractivity contribution in [3.8, 4) is 23.0 Å². The van der Waals surface area contributed by atoms with E-state index in [1.165, 1.54) is 0 Å². The van der Waals surface area contributed by atoms with Gasteiger partial charge < -0.3 is 18.8 Å². The Morgan fingerprint density at radius 3 is 2.55 bits per heavy atom. The van der Waals surface area contributed by atoms with E-state index in [9.17, 15) is 14.4 Å². The van der Waals surface area contributed by atoms with Crippen molar-refractivity contribution in [2.24, 2.45) is 0 Å². The molecule has 2 aliphatic rings. The van der Waals surface area contributed by atoms with E-state index < -0.39 is 17.2 Å². The van der Waals surface area contributed by atoms with Crippen LogP contribution in [-0.4, -0.2) is 46.3 Å². The zero-order valence-corrected chi connectivity index (χ0v) is 18.4. The average Bonchev–Trinajstić information content (AvgIpc) is 2.81. The number of hydrogen-bond donors (Lipinski definition) is 1. The number of nitrogens with zero attached hydrogens (tertiary/aromatic N) is 3. The fourth-order valence-corrected chi connectivity index (χ4v) is 3.64. The second-order valence-electron chi connectivity index (χ2n) is 7.17. The lowest BCUT2D eigenvalue weighted by molar-refractivity contribution is 0.0526. The number of carbonyl (C=O) groups is 1. The third kappa shape index (κ3) is 4.27. The largest absolute Gasteiger partial charge is 0.493 e. The number of aryl methyl sites for hydroxylation is 2. The molecular weight excluding hydrogens is 428 g/mol. The van der Waals surface area contributed by atoms with Crippen LogP contribution < -0.4 is 20.7 Å². The average molecular weight is 450 g/mol. The number of fused-ring (bicyclic) bond motifs is 2. The molecule has 4 rings (SSSR count). The Morgan fingerprint density at radius 2 is 1.82 bits per heavy atom. The molecule has 0 fully saturated rings. The summed E-state index contributed by atoms with van der Waals surface area (Å²) in [6.07, 6.45) is 0.519. The molecule has 0 amide bonds. The number of ether oxygens (including phenoxy) is 3. The second-order valence-corrected chi connectivity index (χ2v) is 7.17. The summed E-state index contributed by atoms with van der Waals surface area (Å²) in [4.78, 5) is 47.2. The molecular formula is C23H22N4O6. The van der Waals surface area contributed by atoms with Crippen LogP contribution in [-0.2, 0) is 17.7 Å². The van der Waals surface area contributed by atoms with Crippen LogP contribution in [0, 0.1) is 0 Å². The van der Waals surface area contributed by atoms with Crippen molar-refractivity contribution < 1.29 is 19.0 Å². The molecule has 0 unspecified atom stereocenters. The molecule has 0 radical (unpaired) electrons. The molecule has 170 valence electrons. The third-order valence-corrected chi connectivity index (χ3v) is 5.19. The van der Waals surface area contributed by atoms with E-state index in [1.54, 1.807) is 50.0 Å². The lowest BCUT2D eigenvalue weighted by atomic mass is 10.1. The van der Waals surface area contributed by atoms with Crippen LogP contribution in [0.1, 0.15) is 22.8 Å². The summed E-state index contributed by atoms with van der Waals surface area (Å²) in [5.74, 6) is 0.856. The second kappa shape index (κ2) is 9.11. The number of hydrogen-bond acceptors (Lipinski definition) is 8. The topological polar surface area (TPSA) is 125 Å². The van der Waals surface area contributed by atoms with Gasteiger partial charge in [-0.25, -0.2) is 14.6 Å². The molecule has 2 aliphatic heterocycles. The van der Waals surface area contributed by atoms with Crippen molar-refractivity contribution in [1.82, 2.24) is 19.5 Å². The normalized spacial score (nSPS) is 11.0. The molecule has 0 saturated heterocycles. The number of aromatic nitrogens is 4. The Hall–Kier alpha value is -4.21. The van der Waals surface area contributed by atoms with Crippen molar-refractivity contribution in [3.63, 3.8) is 0 Å². The summed E-state index contributed by atoms with van der Waals surface area (Å²) in [5, 5.41) is 0. The lowest BCUT2D eigenvalue weighted by Gasteiger charge is -2.17. The number of esters is 1. The third-order valence-electron chi connectivity index (χ3n) is 5.19. The Balaban J connectivity index is 1.85. The van der Waals surface area contributed by atoms with E-state index in [2.05, 4.69) is 15.0 Å². The highest BCUT2D eigenvalue weighted by molar-refractivity contribution is 5.94. The summed E-state index contributed by atoms with van der Waals surface area (Å²) in [6, 6.07) is 10.4. The van der Waals surface area contributed by atoms with Crippen molar-refractivity contribution in [3.05, 3.63) is 68.4 Å². The van der Waals surface area contributed by atoms with Crippen molar-refractivity contribution in [2.75, 3.05) is 20.8 Å². The molecule has 1 N–H and O–H groups in total. The molecule has 0 bridgehead atoms. The van der Waals surface area contributed by atoms with Gasteiger partial charge in [0.2, 0.25) is 0 Å². The summed E-state index contributed by atoms with van der Waals surface area (Å²) < 4.78 is 17.5. The molecule has 0 aliphatic carbocycles. The molecule has 33 heavy (non-hydrogen) atoms. The molecule has 0 atom stereocenters. The molecule has 2 aromatic rings. The molecule has 2 heterocycles. The number of nitrogens with one attached hydrogen (secondary N) is 1. The Kier molecular flexibility index (Phi) is 6.07. The van der Waals surface area contributed by atoms with Gasteiger partial charge >= 0.3 is 11.7 Å². The first-order valence-electron chi connectivity index (χ1n) is 10.3. The molecule has 10 nitrogen and oxygen atoms in total. The van der Waals surface area contributed by atoms with Gasteiger partial charge in [-0.05, 0) is 49.2 Å². The van der Waals surface area contributed by atoms with E-state index in [4.69, 9.17) is 14.2 Å². The van der Waals surface area contributed by atoms with Crippen LogP contribution >= 0.6 is 0 Å². The Labute approximate surface area is 188 Å². The van der Waals surface area contributed by atoms with Gasteiger partial charge in [-0.15, -0.1) is 0 Å². The highest BCUT2D eigenvalue weighted by Crippen LogP contribution is 2.28. The SMILES string of the molecule is CCOC(=O)c1ccc2nc3c(=O)[nH]c(=O)nc-3n(CCc3ccc(OC)c(OC)c3)c2c1. The number of methoxy groups -OCH3 is 2. The smallest absolute Gasteiger partial charge is 0.349 e. The van der Waals surface area contributed by atoms with Gasteiger partial charge in [-0.3, -0.25) is 9.78 Å². The fourth-order valence-electron chi connectivity index (χ4n) is 3.64. The van der Waals surface area contributed by atoms with E-state index in [0.717, 1.165) is 5.56 Å². The Bertz CT molecular complexity index is 1420. The number of benzene rings is 2. The van der Waals surface area contributed by atoms with Crippen LogP contribution in [0.25, 0.3) is 22.6 Å². The van der Waals surface area contributed by atoms with Gasteiger partial charge in [-0.1, -0.05) is 6.07 Å². The van der Waals surface area contributed by atoms with E-state index in [-0.39, 0.29) is 18.1 Å².